The number of halogens is 2. The molecule has 0 aliphatic heterocycles. The van der Waals surface area contributed by atoms with Gasteiger partial charge in [-0.1, -0.05) is 11.6 Å². The molecule has 19 heavy (non-hydrogen) atoms. The fraction of sp³-hybridized carbons (Fsp3) is 0.417. The van der Waals surface area contributed by atoms with Crippen LogP contribution < -0.4 is 0 Å². The molecule has 0 spiro atoms. The molecule has 0 radical (unpaired) electrons. The molecule has 0 aliphatic carbocycles. The smallest absolute Gasteiger partial charge is 0.164 e. The lowest BCUT2D eigenvalue weighted by molar-refractivity contribution is 0.181. The lowest BCUT2D eigenvalue weighted by Gasteiger charge is -2.08. The van der Waals surface area contributed by atoms with Gasteiger partial charge in [-0.25, -0.2) is 9.97 Å². The summed E-state index contributed by atoms with van der Waals surface area (Å²) in [6, 6.07) is 0. The van der Waals surface area contributed by atoms with Crippen LogP contribution in [0.1, 0.15) is 17.1 Å². The molecule has 0 saturated heterocycles. The standard InChI is InChI=1S/C12H14ClIN4O/c1-6-9(7(2)18(3)17-6)12-15-8(5-19-4)10(14)11(13)16-12/h5H2,1-4H3. The Morgan fingerprint density at radius 1 is 1.32 bits per heavy atom. The third-order valence-electron chi connectivity index (χ3n) is 2.89. The zero-order valence-corrected chi connectivity index (χ0v) is 14.1. The highest BCUT2D eigenvalue weighted by Gasteiger charge is 2.18. The van der Waals surface area contributed by atoms with E-state index in [0.717, 1.165) is 26.2 Å². The van der Waals surface area contributed by atoms with Gasteiger partial charge in [-0.05, 0) is 36.4 Å². The van der Waals surface area contributed by atoms with Crippen molar-refractivity contribution in [3.8, 4) is 11.4 Å². The predicted octanol–water partition coefficient (Wildman–Crippen LogP) is 2.90. The minimum absolute atomic E-state index is 0.409. The molecule has 0 amide bonds. The van der Waals surface area contributed by atoms with E-state index in [1.54, 1.807) is 7.11 Å². The number of methoxy groups -OCH3 is 1. The highest BCUT2D eigenvalue weighted by Crippen LogP contribution is 2.28. The molecule has 0 unspecified atom stereocenters. The number of rotatable bonds is 3. The summed E-state index contributed by atoms with van der Waals surface area (Å²) >= 11 is 8.30. The van der Waals surface area contributed by atoms with Gasteiger partial charge >= 0.3 is 0 Å². The second-order valence-electron chi connectivity index (χ2n) is 4.20. The predicted molar refractivity (Wildman–Crippen MR) is 82.1 cm³/mol. The molecule has 7 heteroatoms. The Kier molecular flexibility index (Phi) is 4.42. The van der Waals surface area contributed by atoms with E-state index in [0.29, 0.717) is 17.6 Å². The molecule has 0 aliphatic rings. The van der Waals surface area contributed by atoms with Crippen LogP contribution in [-0.4, -0.2) is 26.9 Å². The monoisotopic (exact) mass is 392 g/mol. The first-order valence-corrected chi connectivity index (χ1v) is 7.12. The Hall–Kier alpha value is -0.730. The van der Waals surface area contributed by atoms with Crippen molar-refractivity contribution in [3.63, 3.8) is 0 Å². The van der Waals surface area contributed by atoms with E-state index in [1.807, 2.05) is 25.6 Å². The summed E-state index contributed by atoms with van der Waals surface area (Å²) in [5.41, 5.74) is 3.62. The average Bonchev–Trinajstić information content (AvgIpc) is 2.59. The normalized spacial score (nSPS) is 11.1. The number of hydrogen-bond acceptors (Lipinski definition) is 4. The SMILES string of the molecule is COCc1nc(-c2c(C)nn(C)c2C)nc(Cl)c1I. The summed E-state index contributed by atoms with van der Waals surface area (Å²) in [5, 5.41) is 4.82. The van der Waals surface area contributed by atoms with Crippen LogP contribution in [0.15, 0.2) is 0 Å². The second-order valence-corrected chi connectivity index (χ2v) is 5.64. The van der Waals surface area contributed by atoms with Crippen molar-refractivity contribution >= 4 is 34.2 Å². The Labute approximate surface area is 130 Å². The Morgan fingerprint density at radius 3 is 2.53 bits per heavy atom. The van der Waals surface area contributed by atoms with Crippen molar-refractivity contribution in [2.45, 2.75) is 20.5 Å². The summed E-state index contributed by atoms with van der Waals surface area (Å²) in [7, 11) is 3.53. The number of ether oxygens (including phenoxy) is 1. The molecule has 2 aromatic rings. The first-order chi connectivity index (χ1) is 8.95. The first-order valence-electron chi connectivity index (χ1n) is 5.67. The summed E-state index contributed by atoms with van der Waals surface area (Å²) in [6.07, 6.45) is 0. The lowest BCUT2D eigenvalue weighted by atomic mass is 10.2. The number of hydrogen-bond donors (Lipinski definition) is 0. The highest BCUT2D eigenvalue weighted by molar-refractivity contribution is 14.1. The molecular weight excluding hydrogens is 379 g/mol. The second kappa shape index (κ2) is 5.72. The van der Waals surface area contributed by atoms with Crippen LogP contribution in [0.5, 0.6) is 0 Å². The summed E-state index contributed by atoms with van der Waals surface area (Å²) < 4.78 is 7.78. The van der Waals surface area contributed by atoms with Crippen LogP contribution in [0.25, 0.3) is 11.4 Å². The number of aryl methyl sites for hydroxylation is 2. The van der Waals surface area contributed by atoms with Crippen LogP contribution in [0.3, 0.4) is 0 Å². The zero-order valence-electron chi connectivity index (χ0n) is 11.2. The fourth-order valence-electron chi connectivity index (χ4n) is 1.90. The van der Waals surface area contributed by atoms with Crippen molar-refractivity contribution in [3.05, 3.63) is 25.8 Å². The fourth-order valence-corrected chi connectivity index (χ4v) is 2.49. The number of nitrogens with zero attached hydrogens (tertiary/aromatic N) is 4. The van der Waals surface area contributed by atoms with Crippen molar-refractivity contribution in [1.29, 1.82) is 0 Å². The molecule has 0 atom stereocenters. The van der Waals surface area contributed by atoms with Gasteiger partial charge in [-0.3, -0.25) is 4.68 Å². The molecule has 5 nitrogen and oxygen atoms in total. The molecular formula is C12H14ClIN4O. The van der Waals surface area contributed by atoms with E-state index < -0.39 is 0 Å². The zero-order chi connectivity index (χ0) is 14.2. The minimum atomic E-state index is 0.409. The number of aromatic nitrogens is 4. The van der Waals surface area contributed by atoms with Gasteiger partial charge in [0.1, 0.15) is 5.15 Å². The largest absolute Gasteiger partial charge is 0.378 e. The molecule has 0 saturated carbocycles. The third kappa shape index (κ3) is 2.75. The summed E-state index contributed by atoms with van der Waals surface area (Å²) in [6.45, 7) is 4.33. The van der Waals surface area contributed by atoms with E-state index in [1.165, 1.54) is 0 Å². The molecule has 2 heterocycles. The molecule has 102 valence electrons. The van der Waals surface area contributed by atoms with Crippen LogP contribution in [0, 0.1) is 17.4 Å². The highest BCUT2D eigenvalue weighted by atomic mass is 127. The van der Waals surface area contributed by atoms with Crippen LogP contribution in [0.2, 0.25) is 5.15 Å². The van der Waals surface area contributed by atoms with Gasteiger partial charge in [0.15, 0.2) is 5.82 Å². The van der Waals surface area contributed by atoms with Crippen LogP contribution in [0.4, 0.5) is 0 Å². The third-order valence-corrected chi connectivity index (χ3v) is 4.62. The molecule has 0 aromatic carbocycles. The lowest BCUT2D eigenvalue weighted by Crippen LogP contribution is -2.03. The van der Waals surface area contributed by atoms with Gasteiger partial charge in [-0.15, -0.1) is 0 Å². The molecule has 0 bridgehead atoms. The van der Waals surface area contributed by atoms with Gasteiger partial charge < -0.3 is 4.74 Å². The van der Waals surface area contributed by atoms with E-state index in [9.17, 15) is 0 Å². The van der Waals surface area contributed by atoms with Crippen molar-refractivity contribution in [2.75, 3.05) is 7.11 Å². The van der Waals surface area contributed by atoms with Gasteiger partial charge in [0, 0.05) is 19.9 Å². The van der Waals surface area contributed by atoms with Gasteiger partial charge in [-0.2, -0.15) is 5.10 Å². The summed E-state index contributed by atoms with van der Waals surface area (Å²) in [5.74, 6) is 0.598. The van der Waals surface area contributed by atoms with Crippen LogP contribution in [-0.2, 0) is 18.4 Å². The van der Waals surface area contributed by atoms with Crippen molar-refractivity contribution in [2.24, 2.45) is 7.05 Å². The maximum atomic E-state index is 6.17. The minimum Gasteiger partial charge on any atom is -0.378 e. The van der Waals surface area contributed by atoms with Crippen molar-refractivity contribution < 1.29 is 4.74 Å². The molecule has 2 rings (SSSR count). The Morgan fingerprint density at radius 2 is 2.00 bits per heavy atom. The van der Waals surface area contributed by atoms with Crippen molar-refractivity contribution in [1.82, 2.24) is 19.7 Å². The van der Waals surface area contributed by atoms with E-state index in [-0.39, 0.29) is 0 Å². The van der Waals surface area contributed by atoms with Gasteiger partial charge in [0.05, 0.1) is 27.1 Å². The maximum absolute atomic E-state index is 6.17. The topological polar surface area (TPSA) is 52.8 Å². The maximum Gasteiger partial charge on any atom is 0.164 e. The quantitative estimate of drug-likeness (QED) is 0.595. The Bertz CT molecular complexity index is 627. The average molecular weight is 393 g/mol. The van der Waals surface area contributed by atoms with E-state index >= 15 is 0 Å². The Balaban J connectivity index is 2.62. The van der Waals surface area contributed by atoms with Gasteiger partial charge in [0.25, 0.3) is 0 Å². The van der Waals surface area contributed by atoms with E-state index in [2.05, 4.69) is 37.7 Å². The molecule has 0 N–H and O–H groups in total. The molecule has 0 fully saturated rings. The molecule has 2 aromatic heterocycles. The van der Waals surface area contributed by atoms with Gasteiger partial charge in [0.2, 0.25) is 0 Å². The summed E-state index contributed by atoms with van der Waals surface area (Å²) in [4.78, 5) is 8.91. The van der Waals surface area contributed by atoms with Crippen LogP contribution >= 0.6 is 34.2 Å². The first kappa shape index (κ1) is 14.7. The van der Waals surface area contributed by atoms with E-state index in [4.69, 9.17) is 16.3 Å².